The Morgan fingerprint density at radius 3 is 2.50 bits per heavy atom. The molecule has 6 nitrogen and oxygen atoms in total. The smallest absolute Gasteiger partial charge is 0.320 e. The van der Waals surface area contributed by atoms with Gasteiger partial charge in [-0.2, -0.15) is 5.48 Å². The van der Waals surface area contributed by atoms with Crippen LogP contribution < -0.4 is 11.2 Å². The van der Waals surface area contributed by atoms with Gasteiger partial charge in [0.05, 0.1) is 0 Å². The average Bonchev–Trinajstić information content (AvgIpc) is 2.03. The van der Waals surface area contributed by atoms with Gasteiger partial charge in [0, 0.05) is 0 Å². The molecular weight excluding hydrogens is 164 g/mol. The summed E-state index contributed by atoms with van der Waals surface area (Å²) in [6, 6.07) is -0.893. The van der Waals surface area contributed by atoms with E-state index >= 15 is 0 Å². The molecule has 12 heavy (non-hydrogen) atoms. The van der Waals surface area contributed by atoms with Crippen LogP contribution in [0.5, 0.6) is 0 Å². The van der Waals surface area contributed by atoms with Gasteiger partial charge >= 0.3 is 5.97 Å². The first-order valence-corrected chi connectivity index (χ1v) is 3.64. The maximum Gasteiger partial charge on any atom is 0.320 e. The van der Waals surface area contributed by atoms with Crippen LogP contribution in [0.3, 0.4) is 0 Å². The van der Waals surface area contributed by atoms with Crippen LogP contribution in [0.4, 0.5) is 0 Å². The van der Waals surface area contributed by atoms with Crippen LogP contribution in [0.25, 0.3) is 0 Å². The minimum absolute atomic E-state index is 0.275. The molecule has 0 bridgehead atoms. The van der Waals surface area contributed by atoms with Gasteiger partial charge in [-0.25, -0.2) is 0 Å². The Balaban J connectivity index is 3.37. The van der Waals surface area contributed by atoms with Crippen molar-refractivity contribution in [2.45, 2.75) is 31.5 Å². The Morgan fingerprint density at radius 1 is 1.50 bits per heavy atom. The topological polar surface area (TPSA) is 116 Å². The monoisotopic (exact) mass is 178 g/mol. The first-order chi connectivity index (χ1) is 5.57. The van der Waals surface area contributed by atoms with E-state index in [1.807, 2.05) is 0 Å². The van der Waals surface area contributed by atoms with Gasteiger partial charge < -0.3 is 21.2 Å². The van der Waals surface area contributed by atoms with Crippen LogP contribution >= 0.6 is 0 Å². The fourth-order valence-corrected chi connectivity index (χ4v) is 0.719. The first-order valence-electron chi connectivity index (χ1n) is 3.64. The van der Waals surface area contributed by atoms with E-state index in [2.05, 4.69) is 0 Å². The number of aliphatic hydroxyl groups is 1. The zero-order chi connectivity index (χ0) is 9.56. The number of hydroxylamine groups is 1. The van der Waals surface area contributed by atoms with Crippen LogP contribution in [-0.4, -0.2) is 33.7 Å². The highest BCUT2D eigenvalue weighted by atomic mass is 16.5. The van der Waals surface area contributed by atoms with Crippen LogP contribution in [0.2, 0.25) is 0 Å². The van der Waals surface area contributed by atoms with Crippen molar-refractivity contribution < 1.29 is 20.2 Å². The van der Waals surface area contributed by atoms with Crippen LogP contribution in [0.1, 0.15) is 19.3 Å². The number of carbonyl (C=O) groups is 1. The van der Waals surface area contributed by atoms with Crippen molar-refractivity contribution in [3.8, 4) is 0 Å². The fourth-order valence-electron chi connectivity index (χ4n) is 0.719. The number of hydrogen-bond donors (Lipinski definition) is 5. The molecule has 0 rings (SSSR count). The minimum atomic E-state index is -1.05. The second kappa shape index (κ2) is 5.90. The zero-order valence-corrected chi connectivity index (χ0v) is 6.60. The number of nitrogens with two attached hydrogens (primary N) is 1. The Labute approximate surface area is 70.0 Å². The van der Waals surface area contributed by atoms with Gasteiger partial charge in [0.15, 0.2) is 0 Å². The van der Waals surface area contributed by atoms with Gasteiger partial charge in [-0.15, -0.1) is 0 Å². The number of nitrogens with one attached hydrogen (secondary N) is 1. The highest BCUT2D eigenvalue weighted by Crippen LogP contribution is 2.00. The number of aliphatic carboxylic acids is 1. The minimum Gasteiger partial charge on any atom is -0.480 e. The van der Waals surface area contributed by atoms with Gasteiger partial charge in [0.1, 0.15) is 12.3 Å². The lowest BCUT2D eigenvalue weighted by molar-refractivity contribution is -0.138. The Bertz CT molecular complexity index is 142. The van der Waals surface area contributed by atoms with Gasteiger partial charge in [-0.3, -0.25) is 4.79 Å². The summed E-state index contributed by atoms with van der Waals surface area (Å²) in [6.45, 7) is 0. The maximum atomic E-state index is 10.2. The molecule has 0 heterocycles. The summed E-state index contributed by atoms with van der Waals surface area (Å²) in [5.74, 6) is -1.05. The summed E-state index contributed by atoms with van der Waals surface area (Å²) in [5.41, 5.74) is 6.82. The van der Waals surface area contributed by atoms with E-state index in [-0.39, 0.29) is 12.8 Å². The van der Waals surface area contributed by atoms with Crippen molar-refractivity contribution in [1.82, 2.24) is 5.48 Å². The third kappa shape index (κ3) is 5.03. The molecule has 0 aliphatic rings. The molecule has 0 aliphatic carbocycles. The van der Waals surface area contributed by atoms with Crippen molar-refractivity contribution in [2.24, 2.45) is 5.73 Å². The third-order valence-corrected chi connectivity index (χ3v) is 1.46. The number of rotatable bonds is 6. The largest absolute Gasteiger partial charge is 0.480 e. The van der Waals surface area contributed by atoms with Crippen LogP contribution in [0, 0.1) is 0 Å². The molecule has 6 heteroatoms. The predicted molar refractivity (Wildman–Crippen MR) is 40.4 cm³/mol. The Kier molecular flexibility index (Phi) is 5.56. The summed E-state index contributed by atoms with van der Waals surface area (Å²) in [5, 5.41) is 25.3. The zero-order valence-electron chi connectivity index (χ0n) is 6.60. The Morgan fingerprint density at radius 2 is 2.08 bits per heavy atom. The van der Waals surface area contributed by atoms with Crippen molar-refractivity contribution in [3.05, 3.63) is 0 Å². The lowest BCUT2D eigenvalue weighted by Crippen LogP contribution is -2.31. The fraction of sp³-hybridized carbons (Fsp3) is 0.833. The highest BCUT2D eigenvalue weighted by Gasteiger charge is 2.11. The normalized spacial score (nSPS) is 15.6. The lowest BCUT2D eigenvalue weighted by Gasteiger charge is -2.09. The van der Waals surface area contributed by atoms with E-state index in [1.54, 1.807) is 5.48 Å². The molecule has 6 N–H and O–H groups in total. The van der Waals surface area contributed by atoms with Crippen molar-refractivity contribution in [3.63, 3.8) is 0 Å². The number of carboxylic acids is 1. The Hall–Kier alpha value is -0.690. The van der Waals surface area contributed by atoms with E-state index in [0.29, 0.717) is 6.42 Å². The van der Waals surface area contributed by atoms with Gasteiger partial charge in [-0.1, -0.05) is 0 Å². The molecule has 0 saturated carbocycles. The van der Waals surface area contributed by atoms with Crippen LogP contribution in [0.15, 0.2) is 0 Å². The summed E-state index contributed by atoms with van der Waals surface area (Å²) in [7, 11) is 0. The predicted octanol–water partition coefficient (Wildman–Crippen LogP) is -1.13. The molecule has 72 valence electrons. The van der Waals surface area contributed by atoms with Crippen molar-refractivity contribution in [1.29, 1.82) is 0 Å². The first kappa shape index (κ1) is 11.3. The molecule has 0 aromatic carbocycles. The molecule has 0 fully saturated rings. The van der Waals surface area contributed by atoms with Gasteiger partial charge in [0.25, 0.3) is 0 Å². The number of hydrogen-bond acceptors (Lipinski definition) is 5. The molecule has 0 radical (unpaired) electrons. The summed E-state index contributed by atoms with van der Waals surface area (Å²) >= 11 is 0. The quantitative estimate of drug-likeness (QED) is 0.259. The molecule has 0 spiro atoms. The van der Waals surface area contributed by atoms with E-state index < -0.39 is 18.2 Å². The van der Waals surface area contributed by atoms with E-state index in [0.717, 1.165) is 0 Å². The second-order valence-corrected chi connectivity index (χ2v) is 2.52. The molecule has 0 aromatic rings. The van der Waals surface area contributed by atoms with Crippen molar-refractivity contribution >= 4 is 5.97 Å². The lowest BCUT2D eigenvalue weighted by atomic mass is 10.1. The standard InChI is InChI=1S/C6H14N2O4/c7-4(6(10)11)2-1-3-5(9)8-12/h4-5,8-9,12H,1-3,7H2,(H,10,11)/t4-,5?/m0/s1. The maximum absolute atomic E-state index is 10.2. The van der Waals surface area contributed by atoms with Crippen molar-refractivity contribution in [2.75, 3.05) is 0 Å². The SMILES string of the molecule is N[C@@H](CCCC(O)NO)C(=O)O. The second-order valence-electron chi connectivity index (χ2n) is 2.52. The van der Waals surface area contributed by atoms with Gasteiger partial charge in [0.2, 0.25) is 0 Å². The van der Waals surface area contributed by atoms with E-state index in [1.165, 1.54) is 0 Å². The molecule has 1 unspecified atom stereocenters. The van der Waals surface area contributed by atoms with E-state index in [9.17, 15) is 4.79 Å². The molecule has 0 aliphatic heterocycles. The van der Waals surface area contributed by atoms with Gasteiger partial charge in [-0.05, 0) is 19.3 Å². The molecule has 0 amide bonds. The molecule has 0 aromatic heterocycles. The summed E-state index contributed by atoms with van der Waals surface area (Å²) < 4.78 is 0. The van der Waals surface area contributed by atoms with Crippen LogP contribution in [-0.2, 0) is 4.79 Å². The number of carboxylic acid groups (broad SMARTS) is 1. The number of aliphatic hydroxyl groups excluding tert-OH is 1. The van der Waals surface area contributed by atoms with E-state index in [4.69, 9.17) is 21.2 Å². The molecule has 2 atom stereocenters. The third-order valence-electron chi connectivity index (χ3n) is 1.46. The summed E-state index contributed by atoms with van der Waals surface area (Å²) in [6.07, 6.45) is -0.000653. The molecule has 0 saturated heterocycles. The highest BCUT2D eigenvalue weighted by molar-refractivity contribution is 5.72. The average molecular weight is 178 g/mol. The molecular formula is C6H14N2O4. The summed E-state index contributed by atoms with van der Waals surface area (Å²) in [4.78, 5) is 10.2.